The van der Waals surface area contributed by atoms with Crippen molar-refractivity contribution in [1.29, 1.82) is 0 Å². The molecule has 1 aliphatic rings. The molecular formula is C23H32N2O3. The van der Waals surface area contributed by atoms with E-state index in [0.29, 0.717) is 17.2 Å². The molecule has 1 fully saturated rings. The summed E-state index contributed by atoms with van der Waals surface area (Å²) in [6, 6.07) is 10.8. The summed E-state index contributed by atoms with van der Waals surface area (Å²) in [5.74, 6) is 2.07. The Morgan fingerprint density at radius 3 is 1.82 bits per heavy atom. The molecule has 0 N–H and O–H groups in total. The highest BCUT2D eigenvalue weighted by Gasteiger charge is 2.19. The second kappa shape index (κ2) is 9.30. The van der Waals surface area contributed by atoms with Gasteiger partial charge in [0.15, 0.2) is 11.5 Å². The summed E-state index contributed by atoms with van der Waals surface area (Å²) in [6.45, 7) is 10.6. The van der Waals surface area contributed by atoms with E-state index >= 15 is 0 Å². The standard InChI is InChI=1S/C23H32N2O3/c1-17-6-7-20(18(2)12-17)16-25-10-8-24(9-11-25)15-19-13-21(26-3)23(28-5)22(14-19)27-4/h6-7,12-14H,8-11,15-16H2,1-5H3. The van der Waals surface area contributed by atoms with E-state index in [2.05, 4.69) is 41.8 Å². The summed E-state index contributed by atoms with van der Waals surface area (Å²) in [5, 5.41) is 0. The lowest BCUT2D eigenvalue weighted by molar-refractivity contribution is 0.121. The van der Waals surface area contributed by atoms with Gasteiger partial charge in [-0.2, -0.15) is 0 Å². The molecule has 2 aromatic rings. The highest BCUT2D eigenvalue weighted by atomic mass is 16.5. The number of piperazine rings is 1. The first-order chi connectivity index (χ1) is 13.5. The van der Waals surface area contributed by atoms with Crippen molar-refractivity contribution in [3.63, 3.8) is 0 Å². The van der Waals surface area contributed by atoms with Crippen molar-refractivity contribution in [1.82, 2.24) is 9.80 Å². The van der Waals surface area contributed by atoms with Gasteiger partial charge < -0.3 is 14.2 Å². The lowest BCUT2D eigenvalue weighted by Crippen LogP contribution is -2.45. The van der Waals surface area contributed by atoms with Crippen LogP contribution in [0.15, 0.2) is 30.3 Å². The Balaban J connectivity index is 1.60. The van der Waals surface area contributed by atoms with Crippen LogP contribution in [0.25, 0.3) is 0 Å². The highest BCUT2D eigenvalue weighted by molar-refractivity contribution is 5.53. The number of methoxy groups -OCH3 is 3. The normalized spacial score (nSPS) is 15.5. The molecule has 1 heterocycles. The van der Waals surface area contributed by atoms with Gasteiger partial charge in [-0.05, 0) is 42.7 Å². The van der Waals surface area contributed by atoms with Gasteiger partial charge >= 0.3 is 0 Å². The minimum absolute atomic E-state index is 0.645. The molecule has 0 radical (unpaired) electrons. The third kappa shape index (κ3) is 4.78. The van der Waals surface area contributed by atoms with Gasteiger partial charge in [0.25, 0.3) is 0 Å². The van der Waals surface area contributed by atoms with Gasteiger partial charge in [-0.25, -0.2) is 0 Å². The fourth-order valence-electron chi connectivity index (χ4n) is 3.85. The average Bonchev–Trinajstić information content (AvgIpc) is 2.70. The number of hydrogen-bond acceptors (Lipinski definition) is 5. The Morgan fingerprint density at radius 1 is 0.750 bits per heavy atom. The molecule has 1 aliphatic heterocycles. The van der Waals surface area contributed by atoms with E-state index in [1.54, 1.807) is 21.3 Å². The molecule has 152 valence electrons. The van der Waals surface area contributed by atoms with E-state index in [0.717, 1.165) is 39.3 Å². The van der Waals surface area contributed by atoms with Crippen LogP contribution in [0.4, 0.5) is 0 Å². The molecule has 1 saturated heterocycles. The van der Waals surface area contributed by atoms with Crippen LogP contribution < -0.4 is 14.2 Å². The summed E-state index contributed by atoms with van der Waals surface area (Å²) >= 11 is 0. The quantitative estimate of drug-likeness (QED) is 0.728. The zero-order valence-corrected chi connectivity index (χ0v) is 17.7. The van der Waals surface area contributed by atoms with Crippen molar-refractivity contribution in [3.8, 4) is 17.2 Å². The molecular weight excluding hydrogens is 352 g/mol. The number of aryl methyl sites for hydroxylation is 2. The van der Waals surface area contributed by atoms with Crippen molar-refractivity contribution in [2.24, 2.45) is 0 Å². The third-order valence-electron chi connectivity index (χ3n) is 5.49. The van der Waals surface area contributed by atoms with Crippen molar-refractivity contribution < 1.29 is 14.2 Å². The van der Waals surface area contributed by atoms with Crippen molar-refractivity contribution in [2.75, 3.05) is 47.5 Å². The van der Waals surface area contributed by atoms with Gasteiger partial charge in [-0.15, -0.1) is 0 Å². The number of rotatable bonds is 7. The van der Waals surface area contributed by atoms with Crippen molar-refractivity contribution in [3.05, 3.63) is 52.6 Å². The Labute approximate surface area is 168 Å². The predicted octanol–water partition coefficient (Wildman–Crippen LogP) is 3.65. The van der Waals surface area contributed by atoms with E-state index in [-0.39, 0.29) is 0 Å². The van der Waals surface area contributed by atoms with E-state index in [9.17, 15) is 0 Å². The van der Waals surface area contributed by atoms with E-state index < -0.39 is 0 Å². The van der Waals surface area contributed by atoms with Crippen LogP contribution in [0.2, 0.25) is 0 Å². The van der Waals surface area contributed by atoms with Crippen molar-refractivity contribution in [2.45, 2.75) is 26.9 Å². The Hall–Kier alpha value is -2.24. The first kappa shape index (κ1) is 20.5. The predicted molar refractivity (Wildman–Crippen MR) is 113 cm³/mol. The lowest BCUT2D eigenvalue weighted by atomic mass is 10.0. The van der Waals surface area contributed by atoms with E-state index in [1.165, 1.54) is 22.3 Å². The molecule has 0 unspecified atom stereocenters. The van der Waals surface area contributed by atoms with Gasteiger partial charge in [0.2, 0.25) is 5.75 Å². The molecule has 0 saturated carbocycles. The van der Waals surface area contributed by atoms with Crippen LogP contribution >= 0.6 is 0 Å². The van der Waals surface area contributed by atoms with Gasteiger partial charge in [0, 0.05) is 39.3 Å². The fourth-order valence-corrected chi connectivity index (χ4v) is 3.85. The average molecular weight is 385 g/mol. The fraction of sp³-hybridized carbons (Fsp3) is 0.478. The van der Waals surface area contributed by atoms with Crippen LogP contribution in [0, 0.1) is 13.8 Å². The number of ether oxygens (including phenoxy) is 3. The molecule has 0 amide bonds. The maximum atomic E-state index is 5.48. The number of nitrogens with zero attached hydrogens (tertiary/aromatic N) is 2. The summed E-state index contributed by atoms with van der Waals surface area (Å²) in [4.78, 5) is 5.03. The first-order valence-electron chi connectivity index (χ1n) is 9.83. The third-order valence-corrected chi connectivity index (χ3v) is 5.49. The zero-order valence-electron chi connectivity index (χ0n) is 17.7. The SMILES string of the molecule is COc1cc(CN2CCN(Cc3ccc(C)cc3C)CC2)cc(OC)c1OC. The van der Waals surface area contributed by atoms with Gasteiger partial charge in [-0.3, -0.25) is 9.80 Å². The Bertz CT molecular complexity index is 773. The minimum atomic E-state index is 0.645. The Morgan fingerprint density at radius 2 is 1.32 bits per heavy atom. The number of benzene rings is 2. The first-order valence-corrected chi connectivity index (χ1v) is 9.83. The maximum absolute atomic E-state index is 5.48. The van der Waals surface area contributed by atoms with E-state index in [1.807, 2.05) is 12.1 Å². The van der Waals surface area contributed by atoms with Crippen LogP contribution in [0.3, 0.4) is 0 Å². The maximum Gasteiger partial charge on any atom is 0.203 e. The summed E-state index contributed by atoms with van der Waals surface area (Å²) in [5.41, 5.74) is 5.33. The molecule has 2 aromatic carbocycles. The Kier molecular flexibility index (Phi) is 6.81. The summed E-state index contributed by atoms with van der Waals surface area (Å²) in [7, 11) is 4.95. The zero-order chi connectivity index (χ0) is 20.1. The van der Waals surface area contributed by atoms with Crippen LogP contribution in [-0.4, -0.2) is 57.3 Å². The van der Waals surface area contributed by atoms with Crippen LogP contribution in [0.1, 0.15) is 22.3 Å². The van der Waals surface area contributed by atoms with Gasteiger partial charge in [0.05, 0.1) is 21.3 Å². The van der Waals surface area contributed by atoms with Gasteiger partial charge in [0.1, 0.15) is 0 Å². The molecule has 0 aromatic heterocycles. The smallest absolute Gasteiger partial charge is 0.203 e. The van der Waals surface area contributed by atoms with Crippen molar-refractivity contribution >= 4 is 0 Å². The second-order valence-corrected chi connectivity index (χ2v) is 7.52. The largest absolute Gasteiger partial charge is 0.493 e. The molecule has 0 atom stereocenters. The summed E-state index contributed by atoms with van der Waals surface area (Å²) < 4.78 is 16.4. The van der Waals surface area contributed by atoms with Crippen LogP contribution in [0.5, 0.6) is 17.2 Å². The topological polar surface area (TPSA) is 34.2 Å². The molecule has 5 heteroatoms. The molecule has 28 heavy (non-hydrogen) atoms. The number of hydrogen-bond donors (Lipinski definition) is 0. The van der Waals surface area contributed by atoms with E-state index in [4.69, 9.17) is 14.2 Å². The molecule has 0 aliphatic carbocycles. The molecule has 3 rings (SSSR count). The molecule has 5 nitrogen and oxygen atoms in total. The monoisotopic (exact) mass is 384 g/mol. The molecule has 0 spiro atoms. The second-order valence-electron chi connectivity index (χ2n) is 7.52. The van der Waals surface area contributed by atoms with Crippen LogP contribution in [-0.2, 0) is 13.1 Å². The van der Waals surface area contributed by atoms with Gasteiger partial charge in [-0.1, -0.05) is 23.8 Å². The lowest BCUT2D eigenvalue weighted by Gasteiger charge is -2.35. The minimum Gasteiger partial charge on any atom is -0.493 e. The highest BCUT2D eigenvalue weighted by Crippen LogP contribution is 2.38. The summed E-state index contributed by atoms with van der Waals surface area (Å²) in [6.07, 6.45) is 0. The molecule has 0 bridgehead atoms.